The van der Waals surface area contributed by atoms with Crippen LogP contribution >= 0.6 is 15.9 Å². The molecule has 1 saturated carbocycles. The second kappa shape index (κ2) is 3.65. The van der Waals surface area contributed by atoms with Gasteiger partial charge in [0.15, 0.2) is 0 Å². The van der Waals surface area contributed by atoms with E-state index in [1.54, 1.807) is 0 Å². The second-order valence-electron chi connectivity index (χ2n) is 3.57. The van der Waals surface area contributed by atoms with Crippen LogP contribution in [0.15, 0.2) is 22.9 Å². The molecule has 1 nitrogen and oxygen atoms in total. The molecule has 2 heteroatoms. The van der Waals surface area contributed by atoms with Gasteiger partial charge in [0.1, 0.15) is 0 Å². The van der Waals surface area contributed by atoms with Gasteiger partial charge in [-0.2, -0.15) is 0 Å². The fraction of sp³-hybridized carbons (Fsp3) is 0.600. The molecular formula is C10H14BrN. The van der Waals surface area contributed by atoms with Crippen LogP contribution in [0.4, 0.5) is 0 Å². The SMILES string of the molecule is Brc1ccn(C2CCCCC2)c1. The molecule has 1 aliphatic rings. The Morgan fingerprint density at radius 1 is 1.25 bits per heavy atom. The monoisotopic (exact) mass is 227 g/mol. The Kier molecular flexibility index (Phi) is 2.54. The van der Waals surface area contributed by atoms with Crippen molar-refractivity contribution in [2.24, 2.45) is 0 Å². The molecular weight excluding hydrogens is 214 g/mol. The van der Waals surface area contributed by atoms with Crippen molar-refractivity contribution in [2.45, 2.75) is 38.1 Å². The molecule has 0 aliphatic heterocycles. The van der Waals surface area contributed by atoms with Crippen LogP contribution in [0, 0.1) is 0 Å². The summed E-state index contributed by atoms with van der Waals surface area (Å²) in [4.78, 5) is 0. The molecule has 0 radical (unpaired) electrons. The molecule has 66 valence electrons. The molecule has 0 unspecified atom stereocenters. The normalized spacial score (nSPS) is 19.8. The zero-order valence-corrected chi connectivity index (χ0v) is 8.76. The van der Waals surface area contributed by atoms with Gasteiger partial charge in [-0.3, -0.25) is 0 Å². The number of aromatic nitrogens is 1. The van der Waals surface area contributed by atoms with Crippen molar-refractivity contribution in [1.82, 2.24) is 4.57 Å². The Morgan fingerprint density at radius 2 is 2.00 bits per heavy atom. The lowest BCUT2D eigenvalue weighted by Gasteiger charge is -2.22. The average Bonchev–Trinajstić information content (AvgIpc) is 2.54. The minimum absolute atomic E-state index is 0.769. The Hall–Kier alpha value is -0.240. The number of hydrogen-bond acceptors (Lipinski definition) is 0. The predicted molar refractivity (Wildman–Crippen MR) is 54.3 cm³/mol. The number of rotatable bonds is 1. The van der Waals surface area contributed by atoms with Gasteiger partial charge >= 0.3 is 0 Å². The van der Waals surface area contributed by atoms with Crippen molar-refractivity contribution < 1.29 is 0 Å². The van der Waals surface area contributed by atoms with Gasteiger partial charge in [0.2, 0.25) is 0 Å². The third kappa shape index (κ3) is 1.74. The first-order valence-corrected chi connectivity index (χ1v) is 5.48. The number of nitrogens with zero attached hydrogens (tertiary/aromatic N) is 1. The number of halogens is 1. The molecule has 2 rings (SSSR count). The van der Waals surface area contributed by atoms with Gasteiger partial charge in [0.05, 0.1) is 0 Å². The van der Waals surface area contributed by atoms with Gasteiger partial charge in [0.25, 0.3) is 0 Å². The van der Waals surface area contributed by atoms with E-state index in [0.29, 0.717) is 0 Å². The van der Waals surface area contributed by atoms with Crippen LogP contribution in [-0.2, 0) is 0 Å². The molecule has 1 aromatic rings. The quantitative estimate of drug-likeness (QED) is 0.689. The lowest BCUT2D eigenvalue weighted by atomic mass is 9.95. The highest BCUT2D eigenvalue weighted by Gasteiger charge is 2.13. The van der Waals surface area contributed by atoms with Crippen LogP contribution in [0.2, 0.25) is 0 Å². The summed E-state index contributed by atoms with van der Waals surface area (Å²) in [6.07, 6.45) is 11.3. The highest BCUT2D eigenvalue weighted by atomic mass is 79.9. The Morgan fingerprint density at radius 3 is 2.58 bits per heavy atom. The third-order valence-corrected chi connectivity index (χ3v) is 3.14. The van der Waals surface area contributed by atoms with Gasteiger partial charge in [-0.15, -0.1) is 0 Å². The highest BCUT2D eigenvalue weighted by molar-refractivity contribution is 9.10. The van der Waals surface area contributed by atoms with Crippen LogP contribution in [0.3, 0.4) is 0 Å². The van der Waals surface area contributed by atoms with Crippen LogP contribution in [-0.4, -0.2) is 4.57 Å². The Bertz CT molecular complexity index is 248. The summed E-state index contributed by atoms with van der Waals surface area (Å²) in [5.41, 5.74) is 0. The van der Waals surface area contributed by atoms with Gasteiger partial charge < -0.3 is 4.57 Å². The first kappa shape index (κ1) is 8.36. The van der Waals surface area contributed by atoms with Crippen LogP contribution < -0.4 is 0 Å². The van der Waals surface area contributed by atoms with E-state index >= 15 is 0 Å². The van der Waals surface area contributed by atoms with Crippen molar-refractivity contribution in [2.75, 3.05) is 0 Å². The van der Waals surface area contributed by atoms with E-state index in [1.807, 2.05) is 0 Å². The second-order valence-corrected chi connectivity index (χ2v) is 4.48. The summed E-state index contributed by atoms with van der Waals surface area (Å²) in [5, 5.41) is 0. The lowest BCUT2D eigenvalue weighted by Crippen LogP contribution is -2.10. The number of hydrogen-bond donors (Lipinski definition) is 0. The lowest BCUT2D eigenvalue weighted by molar-refractivity contribution is 0.354. The maximum absolute atomic E-state index is 3.48. The zero-order chi connectivity index (χ0) is 8.39. The third-order valence-electron chi connectivity index (χ3n) is 2.67. The summed E-state index contributed by atoms with van der Waals surface area (Å²) < 4.78 is 3.55. The molecule has 0 amide bonds. The zero-order valence-electron chi connectivity index (χ0n) is 7.17. The summed E-state index contributed by atoms with van der Waals surface area (Å²) in [5.74, 6) is 0. The van der Waals surface area contributed by atoms with E-state index in [2.05, 4.69) is 39.0 Å². The molecule has 1 aromatic heterocycles. The first-order chi connectivity index (χ1) is 5.86. The topological polar surface area (TPSA) is 4.93 Å². The fourth-order valence-corrected chi connectivity index (χ4v) is 2.35. The van der Waals surface area contributed by atoms with Crippen molar-refractivity contribution in [1.29, 1.82) is 0 Å². The molecule has 0 N–H and O–H groups in total. The van der Waals surface area contributed by atoms with Crippen molar-refractivity contribution in [3.05, 3.63) is 22.9 Å². The molecule has 1 heterocycles. The molecule has 0 spiro atoms. The van der Waals surface area contributed by atoms with Crippen LogP contribution in [0.1, 0.15) is 38.1 Å². The summed E-state index contributed by atoms with van der Waals surface area (Å²) in [6, 6.07) is 2.89. The van der Waals surface area contributed by atoms with E-state index in [1.165, 1.54) is 36.6 Å². The van der Waals surface area contributed by atoms with Crippen LogP contribution in [0.25, 0.3) is 0 Å². The van der Waals surface area contributed by atoms with Gasteiger partial charge in [-0.05, 0) is 34.8 Å². The minimum atomic E-state index is 0.769. The highest BCUT2D eigenvalue weighted by Crippen LogP contribution is 2.29. The van der Waals surface area contributed by atoms with E-state index in [-0.39, 0.29) is 0 Å². The molecule has 0 bridgehead atoms. The summed E-state index contributed by atoms with van der Waals surface area (Å²) >= 11 is 3.48. The van der Waals surface area contributed by atoms with E-state index in [0.717, 1.165) is 6.04 Å². The Balaban J connectivity index is 2.08. The van der Waals surface area contributed by atoms with Gasteiger partial charge in [-0.1, -0.05) is 19.3 Å². The smallest absolute Gasteiger partial charge is 0.0352 e. The summed E-state index contributed by atoms with van der Waals surface area (Å²) in [7, 11) is 0. The average molecular weight is 228 g/mol. The molecule has 0 atom stereocenters. The van der Waals surface area contributed by atoms with Crippen molar-refractivity contribution in [3.63, 3.8) is 0 Å². The summed E-state index contributed by atoms with van der Waals surface area (Å²) in [6.45, 7) is 0. The van der Waals surface area contributed by atoms with E-state index in [9.17, 15) is 0 Å². The largest absolute Gasteiger partial charge is 0.350 e. The predicted octanol–water partition coefficient (Wildman–Crippen LogP) is 3.76. The maximum atomic E-state index is 3.48. The van der Waals surface area contributed by atoms with Crippen molar-refractivity contribution in [3.8, 4) is 0 Å². The van der Waals surface area contributed by atoms with Gasteiger partial charge in [0, 0.05) is 22.9 Å². The first-order valence-electron chi connectivity index (χ1n) is 4.69. The van der Waals surface area contributed by atoms with E-state index < -0.39 is 0 Å². The van der Waals surface area contributed by atoms with Crippen LogP contribution in [0.5, 0.6) is 0 Å². The van der Waals surface area contributed by atoms with Crippen molar-refractivity contribution >= 4 is 15.9 Å². The minimum Gasteiger partial charge on any atom is -0.350 e. The Labute approximate surface area is 81.9 Å². The molecule has 1 aliphatic carbocycles. The fourth-order valence-electron chi connectivity index (χ4n) is 1.99. The molecule has 0 aromatic carbocycles. The molecule has 12 heavy (non-hydrogen) atoms. The standard InChI is InChI=1S/C10H14BrN/c11-9-6-7-12(8-9)10-4-2-1-3-5-10/h6-8,10H,1-5H2. The maximum Gasteiger partial charge on any atom is 0.0352 e. The molecule has 0 saturated heterocycles. The van der Waals surface area contributed by atoms with E-state index in [4.69, 9.17) is 0 Å². The molecule has 1 fully saturated rings. The van der Waals surface area contributed by atoms with Gasteiger partial charge in [-0.25, -0.2) is 0 Å².